The number of amides is 2. The number of hydrogen-bond acceptors (Lipinski definition) is 10. The Hall–Kier alpha value is -4.08. The van der Waals surface area contributed by atoms with Crippen molar-refractivity contribution in [1.82, 2.24) is 30.0 Å². The van der Waals surface area contributed by atoms with Gasteiger partial charge in [0.15, 0.2) is 5.82 Å². The number of nitrogens with one attached hydrogen (secondary N) is 1. The third-order valence-electron chi connectivity index (χ3n) is 6.64. The number of allylic oxidation sites excluding steroid dienone is 1. The van der Waals surface area contributed by atoms with E-state index in [1.165, 1.54) is 28.4 Å². The molecule has 2 aliphatic rings. The third-order valence-corrected chi connectivity index (χ3v) is 7.53. The summed E-state index contributed by atoms with van der Waals surface area (Å²) in [7, 11) is 0. The first-order chi connectivity index (χ1) is 20.8. The van der Waals surface area contributed by atoms with Crippen molar-refractivity contribution in [2.45, 2.75) is 45.1 Å². The van der Waals surface area contributed by atoms with Gasteiger partial charge in [-0.05, 0) is 31.9 Å². The predicted octanol–water partition coefficient (Wildman–Crippen LogP) is 3.44. The fourth-order valence-corrected chi connectivity index (χ4v) is 5.22. The molecule has 0 spiro atoms. The fourth-order valence-electron chi connectivity index (χ4n) is 4.45. The minimum Gasteiger partial charge on any atom is -0.397 e. The van der Waals surface area contributed by atoms with E-state index in [-0.39, 0.29) is 35.8 Å². The van der Waals surface area contributed by atoms with Gasteiger partial charge in [0.05, 0.1) is 36.8 Å². The summed E-state index contributed by atoms with van der Waals surface area (Å²) in [6, 6.07) is 1.57. The molecule has 2 fully saturated rings. The molecule has 12 nitrogen and oxygen atoms in total. The van der Waals surface area contributed by atoms with Crippen LogP contribution in [0, 0.1) is 11.8 Å². The van der Waals surface area contributed by atoms with Crippen molar-refractivity contribution >= 4 is 35.2 Å². The number of thiazole rings is 1. The normalized spacial score (nSPS) is 16.4. The molecule has 0 bridgehead atoms. The second-order valence-corrected chi connectivity index (χ2v) is 10.6. The zero-order valence-electron chi connectivity index (χ0n) is 23.7. The van der Waals surface area contributed by atoms with Gasteiger partial charge in [-0.25, -0.2) is 19.2 Å². The number of rotatable bonds is 6. The lowest BCUT2D eigenvalue weighted by molar-refractivity contribution is 0.0528. The van der Waals surface area contributed by atoms with Crippen molar-refractivity contribution in [2.75, 3.05) is 32.9 Å². The number of aromatic nitrogens is 4. The van der Waals surface area contributed by atoms with Crippen molar-refractivity contribution in [3.05, 3.63) is 58.8 Å². The van der Waals surface area contributed by atoms with Crippen molar-refractivity contribution in [1.29, 1.82) is 0 Å². The minimum absolute atomic E-state index is 0.00829. The highest BCUT2D eigenvalue weighted by Gasteiger charge is 2.22. The number of aliphatic hydroxyl groups is 1. The Balaban J connectivity index is 0.00000135. The van der Waals surface area contributed by atoms with Gasteiger partial charge in [0.2, 0.25) is 5.95 Å². The van der Waals surface area contributed by atoms with E-state index in [4.69, 9.17) is 15.6 Å². The van der Waals surface area contributed by atoms with Crippen LogP contribution in [0.5, 0.6) is 0 Å². The summed E-state index contributed by atoms with van der Waals surface area (Å²) in [5.74, 6) is -2.37. The summed E-state index contributed by atoms with van der Waals surface area (Å²) >= 11 is 1.19. The Labute approximate surface area is 251 Å². The van der Waals surface area contributed by atoms with E-state index >= 15 is 0 Å². The van der Waals surface area contributed by atoms with Crippen LogP contribution in [0.2, 0.25) is 0 Å². The molecule has 3 aromatic rings. The van der Waals surface area contributed by atoms with Crippen molar-refractivity contribution in [3.63, 3.8) is 0 Å². The summed E-state index contributed by atoms with van der Waals surface area (Å²) in [6.45, 7) is 3.83. The number of halogens is 2. The second kappa shape index (κ2) is 15.4. The summed E-state index contributed by atoms with van der Waals surface area (Å²) < 4.78 is 34.7. The summed E-state index contributed by atoms with van der Waals surface area (Å²) in [4.78, 5) is 40.0. The van der Waals surface area contributed by atoms with Gasteiger partial charge in [-0.15, -0.1) is 11.3 Å². The Morgan fingerprint density at radius 2 is 1.93 bits per heavy atom. The molecule has 4 heterocycles. The highest BCUT2D eigenvalue weighted by molar-refractivity contribution is 7.13. The predicted molar refractivity (Wildman–Crippen MR) is 157 cm³/mol. The average Bonchev–Trinajstić information content (AvgIpc) is 3.72. The highest BCUT2D eigenvalue weighted by Crippen LogP contribution is 2.24. The number of nitrogens with zero attached hydrogens (tertiary/aromatic N) is 6. The van der Waals surface area contributed by atoms with Gasteiger partial charge < -0.3 is 25.8 Å². The standard InChI is InChI=1S/C26H28F2N8O3S.C2H6O/c27-18-6-7-21(28)34-23(18)22(29)19(13-30-17-4-2-1-3-5-17)32-24(37)20-15-40-25(33-20)16-12-31-36(14-16)26(38)35-8-10-39-11-9-35;1-2-3/h6-7,12-15,17H,1-5,8-11,29H2,(H,32,37);3H,2H2,1H3/b22-19+,30-13?;. The third kappa shape index (κ3) is 8.49. The zero-order chi connectivity index (χ0) is 30.8. The molecule has 0 aromatic carbocycles. The average molecular weight is 617 g/mol. The molecule has 230 valence electrons. The molecule has 0 radical (unpaired) electrons. The van der Waals surface area contributed by atoms with Gasteiger partial charge in [0, 0.05) is 43.1 Å². The van der Waals surface area contributed by atoms with Crippen LogP contribution in [0.25, 0.3) is 16.3 Å². The number of carbonyl (C=O) groups is 2. The van der Waals surface area contributed by atoms with Gasteiger partial charge in [-0.2, -0.15) is 14.2 Å². The van der Waals surface area contributed by atoms with Gasteiger partial charge in [-0.1, -0.05) is 19.3 Å². The van der Waals surface area contributed by atoms with Crippen LogP contribution in [-0.2, 0) is 4.74 Å². The molecule has 1 saturated carbocycles. The lowest BCUT2D eigenvalue weighted by Gasteiger charge is -2.26. The molecule has 1 aliphatic heterocycles. The monoisotopic (exact) mass is 616 g/mol. The first-order valence-electron chi connectivity index (χ1n) is 14.0. The van der Waals surface area contributed by atoms with E-state index in [0.717, 1.165) is 44.2 Å². The maximum atomic E-state index is 14.5. The lowest BCUT2D eigenvalue weighted by Crippen LogP contribution is -2.43. The largest absolute Gasteiger partial charge is 0.397 e. The van der Waals surface area contributed by atoms with E-state index in [9.17, 15) is 18.4 Å². The van der Waals surface area contributed by atoms with E-state index in [0.29, 0.717) is 36.9 Å². The number of ether oxygens (including phenoxy) is 1. The van der Waals surface area contributed by atoms with Gasteiger partial charge >= 0.3 is 6.03 Å². The molecule has 3 aromatic heterocycles. The Morgan fingerprint density at radius 1 is 1.21 bits per heavy atom. The molecular formula is C28H34F2N8O4S. The molecule has 1 saturated heterocycles. The van der Waals surface area contributed by atoms with Gasteiger partial charge in [0.25, 0.3) is 5.91 Å². The fraction of sp³-hybridized carbons (Fsp3) is 0.429. The molecule has 43 heavy (non-hydrogen) atoms. The maximum Gasteiger partial charge on any atom is 0.344 e. The van der Waals surface area contributed by atoms with E-state index < -0.39 is 23.4 Å². The van der Waals surface area contributed by atoms with Crippen LogP contribution in [0.3, 0.4) is 0 Å². The van der Waals surface area contributed by atoms with Gasteiger partial charge in [-0.3, -0.25) is 9.79 Å². The van der Waals surface area contributed by atoms with Crippen LogP contribution in [0.1, 0.15) is 55.2 Å². The quantitative estimate of drug-likeness (QED) is 0.280. The molecule has 5 rings (SSSR count). The molecule has 1 aliphatic carbocycles. The second-order valence-electron chi connectivity index (χ2n) is 9.73. The number of hydrogen-bond donors (Lipinski definition) is 3. The first kappa shape index (κ1) is 31.8. The summed E-state index contributed by atoms with van der Waals surface area (Å²) in [6.07, 6.45) is 9.43. The molecule has 15 heteroatoms. The van der Waals surface area contributed by atoms with E-state index in [1.54, 1.807) is 23.4 Å². The number of morpholine rings is 1. The lowest BCUT2D eigenvalue weighted by atomic mass is 9.96. The van der Waals surface area contributed by atoms with Crippen LogP contribution >= 0.6 is 11.3 Å². The molecule has 0 unspecified atom stereocenters. The van der Waals surface area contributed by atoms with Crippen LogP contribution in [0.4, 0.5) is 13.6 Å². The van der Waals surface area contributed by atoms with Crippen LogP contribution in [0.15, 0.2) is 40.6 Å². The first-order valence-corrected chi connectivity index (χ1v) is 14.8. The van der Waals surface area contributed by atoms with Crippen molar-refractivity contribution in [3.8, 4) is 10.6 Å². The number of pyridine rings is 1. The van der Waals surface area contributed by atoms with Crippen molar-refractivity contribution < 1.29 is 28.2 Å². The number of nitrogens with two attached hydrogens (primary N) is 1. The summed E-state index contributed by atoms with van der Waals surface area (Å²) in [5, 5.41) is 16.4. The zero-order valence-corrected chi connectivity index (χ0v) is 24.5. The molecule has 4 N–H and O–H groups in total. The molecule has 2 amide bonds. The summed E-state index contributed by atoms with van der Waals surface area (Å²) in [5.41, 5.74) is 6.10. The van der Waals surface area contributed by atoms with E-state index in [1.807, 2.05) is 0 Å². The minimum atomic E-state index is -0.911. The number of aliphatic imine (C=N–C) groups is 1. The number of aliphatic hydroxyl groups excluding tert-OH is 1. The van der Waals surface area contributed by atoms with Crippen LogP contribution in [-0.4, -0.2) is 86.9 Å². The Kier molecular flexibility index (Phi) is 11.4. The maximum absolute atomic E-state index is 14.5. The topological polar surface area (TPSA) is 161 Å². The highest BCUT2D eigenvalue weighted by atomic mass is 32.1. The SMILES string of the molecule is CCO.N/C(=C(\C=NC1CCCCC1)NC(=O)c1csc(-c2cnn(C(=O)N3CCOCC3)c2)n1)c1nc(F)ccc1F. The van der Waals surface area contributed by atoms with Gasteiger partial charge in [0.1, 0.15) is 16.4 Å². The number of carbonyl (C=O) groups excluding carboxylic acids is 2. The van der Waals surface area contributed by atoms with E-state index in [2.05, 4.69) is 25.4 Å². The molecule has 0 atom stereocenters. The Morgan fingerprint density at radius 3 is 2.65 bits per heavy atom. The molecular weight excluding hydrogens is 582 g/mol. The van der Waals surface area contributed by atoms with Crippen LogP contribution < -0.4 is 11.1 Å². The smallest absolute Gasteiger partial charge is 0.344 e. The van der Waals surface area contributed by atoms with Crippen molar-refractivity contribution in [2.24, 2.45) is 10.7 Å². The Bertz CT molecular complexity index is 1460.